The fourth-order valence-electron chi connectivity index (χ4n) is 3.37. The Morgan fingerprint density at radius 2 is 1.92 bits per heavy atom. The van der Waals surface area contributed by atoms with Gasteiger partial charge in [0.1, 0.15) is 5.69 Å². The summed E-state index contributed by atoms with van der Waals surface area (Å²) in [5, 5.41) is 3.20. The summed E-state index contributed by atoms with van der Waals surface area (Å²) in [6, 6.07) is 5.18. The van der Waals surface area contributed by atoms with Crippen LogP contribution >= 0.6 is 11.6 Å². The van der Waals surface area contributed by atoms with E-state index in [9.17, 15) is 9.59 Å². The minimum absolute atomic E-state index is 0.123. The van der Waals surface area contributed by atoms with E-state index >= 15 is 0 Å². The Labute approximate surface area is 157 Å². The van der Waals surface area contributed by atoms with Crippen molar-refractivity contribution in [3.05, 3.63) is 53.1 Å². The van der Waals surface area contributed by atoms with Crippen LogP contribution in [0.15, 0.2) is 36.8 Å². The molecule has 2 unspecified atom stereocenters. The van der Waals surface area contributed by atoms with E-state index in [2.05, 4.69) is 29.1 Å². The summed E-state index contributed by atoms with van der Waals surface area (Å²) in [6.07, 6.45) is 7.36. The highest BCUT2D eigenvalue weighted by atomic mass is 35.5. The number of likely N-dealkylation sites (tertiary alicyclic amines) is 1. The number of hydrogen-bond acceptors (Lipinski definition) is 4. The van der Waals surface area contributed by atoms with E-state index in [4.69, 9.17) is 11.6 Å². The van der Waals surface area contributed by atoms with Crippen LogP contribution in [0.3, 0.4) is 0 Å². The van der Waals surface area contributed by atoms with Crippen molar-refractivity contribution >= 4 is 29.1 Å². The first-order chi connectivity index (χ1) is 12.5. The van der Waals surface area contributed by atoms with E-state index in [1.807, 2.05) is 4.90 Å². The molecule has 1 aromatic carbocycles. The van der Waals surface area contributed by atoms with Crippen LogP contribution in [-0.4, -0.2) is 38.8 Å². The Kier molecular flexibility index (Phi) is 5.52. The molecule has 1 aliphatic rings. The van der Waals surface area contributed by atoms with Crippen molar-refractivity contribution in [1.29, 1.82) is 0 Å². The van der Waals surface area contributed by atoms with Crippen molar-refractivity contribution in [3.8, 4) is 0 Å². The van der Waals surface area contributed by atoms with Crippen LogP contribution in [-0.2, 0) is 0 Å². The molecule has 1 aliphatic heterocycles. The summed E-state index contributed by atoms with van der Waals surface area (Å²) in [6.45, 7) is 4.10. The van der Waals surface area contributed by atoms with Gasteiger partial charge in [-0.15, -0.1) is 0 Å². The van der Waals surface area contributed by atoms with Gasteiger partial charge >= 0.3 is 0 Å². The molecule has 1 saturated heterocycles. The predicted octanol–water partition coefficient (Wildman–Crippen LogP) is 3.79. The number of nitrogens with zero attached hydrogens (tertiary/aromatic N) is 3. The summed E-state index contributed by atoms with van der Waals surface area (Å²) >= 11 is 6.12. The maximum Gasteiger partial charge on any atom is 0.275 e. The van der Waals surface area contributed by atoms with Gasteiger partial charge in [0.15, 0.2) is 0 Å². The summed E-state index contributed by atoms with van der Waals surface area (Å²) in [7, 11) is 0. The first-order valence-electron chi connectivity index (χ1n) is 8.67. The van der Waals surface area contributed by atoms with Crippen LogP contribution < -0.4 is 5.32 Å². The lowest BCUT2D eigenvalue weighted by molar-refractivity contribution is 0.0512. The zero-order chi connectivity index (χ0) is 18.7. The third-order valence-electron chi connectivity index (χ3n) is 4.68. The largest absolute Gasteiger partial charge is 0.333 e. The number of carbonyl (C=O) groups excluding carboxylic acids is 2. The predicted molar refractivity (Wildman–Crippen MR) is 100 cm³/mol. The number of halogens is 1. The zero-order valence-electron chi connectivity index (χ0n) is 14.8. The zero-order valence-corrected chi connectivity index (χ0v) is 15.5. The summed E-state index contributed by atoms with van der Waals surface area (Å²) in [5.41, 5.74) is 0.982. The Morgan fingerprint density at radius 1 is 1.19 bits per heavy atom. The summed E-state index contributed by atoms with van der Waals surface area (Å²) in [4.78, 5) is 35.4. The van der Waals surface area contributed by atoms with E-state index in [1.165, 1.54) is 18.6 Å². The van der Waals surface area contributed by atoms with Crippen molar-refractivity contribution in [1.82, 2.24) is 14.9 Å². The topological polar surface area (TPSA) is 75.2 Å². The van der Waals surface area contributed by atoms with Crippen LogP contribution in [0, 0.1) is 0 Å². The fraction of sp³-hybridized carbons (Fsp3) is 0.368. The van der Waals surface area contributed by atoms with E-state index in [0.29, 0.717) is 16.3 Å². The molecule has 7 heteroatoms. The molecule has 1 fully saturated rings. The third kappa shape index (κ3) is 3.85. The number of hydrogen-bond donors (Lipinski definition) is 1. The van der Waals surface area contributed by atoms with Gasteiger partial charge in [0.2, 0.25) is 0 Å². The molecular formula is C19H21ClN4O2. The van der Waals surface area contributed by atoms with Crippen LogP contribution in [0.25, 0.3) is 0 Å². The molecule has 6 nitrogen and oxygen atoms in total. The van der Waals surface area contributed by atoms with Crippen LogP contribution in [0.5, 0.6) is 0 Å². The number of rotatable bonds is 3. The van der Waals surface area contributed by atoms with E-state index in [-0.39, 0.29) is 23.7 Å². The first kappa shape index (κ1) is 18.3. The molecule has 2 amide bonds. The molecule has 2 atom stereocenters. The Hall–Kier alpha value is -2.47. The average molecular weight is 373 g/mol. The number of amides is 2. The number of carbonyl (C=O) groups is 2. The average Bonchev–Trinajstić information content (AvgIpc) is 2.63. The van der Waals surface area contributed by atoms with Crippen LogP contribution in [0.2, 0.25) is 5.02 Å². The molecule has 0 aliphatic carbocycles. The summed E-state index contributed by atoms with van der Waals surface area (Å²) in [5.74, 6) is -0.546. The molecule has 2 aromatic rings. The minimum Gasteiger partial charge on any atom is -0.333 e. The van der Waals surface area contributed by atoms with Crippen LogP contribution in [0.1, 0.15) is 54.0 Å². The second-order valence-corrected chi connectivity index (χ2v) is 7.01. The molecule has 2 heterocycles. The monoisotopic (exact) mass is 372 g/mol. The quantitative estimate of drug-likeness (QED) is 0.889. The molecule has 0 saturated carbocycles. The Morgan fingerprint density at radius 3 is 2.58 bits per heavy atom. The molecule has 26 heavy (non-hydrogen) atoms. The fourth-order valence-corrected chi connectivity index (χ4v) is 3.54. The van der Waals surface area contributed by atoms with E-state index < -0.39 is 5.91 Å². The molecule has 0 spiro atoms. The second kappa shape index (κ2) is 7.83. The first-order valence-corrected chi connectivity index (χ1v) is 9.04. The van der Waals surface area contributed by atoms with Gasteiger partial charge in [-0.1, -0.05) is 11.6 Å². The van der Waals surface area contributed by atoms with Crippen molar-refractivity contribution < 1.29 is 9.59 Å². The van der Waals surface area contributed by atoms with Crippen molar-refractivity contribution in [2.24, 2.45) is 0 Å². The highest BCUT2D eigenvalue weighted by Gasteiger charge is 2.31. The molecule has 1 N–H and O–H groups in total. The summed E-state index contributed by atoms with van der Waals surface area (Å²) < 4.78 is 0. The number of benzene rings is 1. The number of aromatic nitrogens is 2. The third-order valence-corrected chi connectivity index (χ3v) is 4.92. The highest BCUT2D eigenvalue weighted by molar-refractivity contribution is 6.31. The SMILES string of the molecule is CC1CCCC(C)N1C(=O)c1cc(Cl)ccc1NC(=O)c1cnccn1. The Bertz CT molecular complexity index is 802. The Balaban J connectivity index is 1.90. The lowest BCUT2D eigenvalue weighted by atomic mass is 9.96. The number of piperidine rings is 1. The van der Waals surface area contributed by atoms with Crippen LogP contribution in [0.4, 0.5) is 5.69 Å². The maximum atomic E-state index is 13.2. The maximum absolute atomic E-state index is 13.2. The lowest BCUT2D eigenvalue weighted by Crippen LogP contribution is -2.47. The molecule has 0 radical (unpaired) electrons. The van der Waals surface area contributed by atoms with Gasteiger partial charge in [-0.25, -0.2) is 4.98 Å². The van der Waals surface area contributed by atoms with Gasteiger partial charge in [-0.2, -0.15) is 0 Å². The van der Waals surface area contributed by atoms with Crippen molar-refractivity contribution in [3.63, 3.8) is 0 Å². The molecular weight excluding hydrogens is 352 g/mol. The minimum atomic E-state index is -0.422. The van der Waals surface area contributed by atoms with Gasteiger partial charge in [0.05, 0.1) is 17.4 Å². The van der Waals surface area contributed by atoms with E-state index in [0.717, 1.165) is 19.3 Å². The molecule has 1 aromatic heterocycles. The molecule has 0 bridgehead atoms. The normalized spacial score (nSPS) is 19.9. The molecule has 136 valence electrons. The van der Waals surface area contributed by atoms with Gasteiger partial charge in [-0.3, -0.25) is 14.6 Å². The van der Waals surface area contributed by atoms with Gasteiger partial charge in [0.25, 0.3) is 11.8 Å². The number of anilines is 1. The van der Waals surface area contributed by atoms with E-state index in [1.54, 1.807) is 18.2 Å². The van der Waals surface area contributed by atoms with Gasteiger partial charge < -0.3 is 10.2 Å². The molecule has 3 rings (SSSR count). The standard InChI is InChI=1S/C19H21ClN4O2/c1-12-4-3-5-13(2)24(12)19(26)15-10-14(20)6-7-16(15)23-18(25)17-11-21-8-9-22-17/h6-13H,3-5H2,1-2H3,(H,23,25). The van der Waals surface area contributed by atoms with Crippen molar-refractivity contribution in [2.75, 3.05) is 5.32 Å². The second-order valence-electron chi connectivity index (χ2n) is 6.58. The highest BCUT2D eigenvalue weighted by Crippen LogP contribution is 2.29. The van der Waals surface area contributed by atoms with Gasteiger partial charge in [-0.05, 0) is 51.3 Å². The lowest BCUT2D eigenvalue weighted by Gasteiger charge is -2.39. The smallest absolute Gasteiger partial charge is 0.275 e. The van der Waals surface area contributed by atoms with Gasteiger partial charge in [0, 0.05) is 29.5 Å². The van der Waals surface area contributed by atoms with Crippen molar-refractivity contribution in [2.45, 2.75) is 45.2 Å². The number of nitrogens with one attached hydrogen (secondary N) is 1.